The molecule has 0 spiro atoms. The van der Waals surface area contributed by atoms with E-state index in [1.54, 1.807) is 12.1 Å². The average molecular weight is 619 g/mol. The summed E-state index contributed by atoms with van der Waals surface area (Å²) < 4.78 is 57.4. The lowest BCUT2D eigenvalue weighted by molar-refractivity contribution is 0.0220. The van der Waals surface area contributed by atoms with Gasteiger partial charge in [0.1, 0.15) is 17.6 Å². The number of halogens is 2. The zero-order chi connectivity index (χ0) is 31.7. The fraction of sp³-hybridized carbons (Fsp3) is 0.576. The van der Waals surface area contributed by atoms with Crippen molar-refractivity contribution in [2.45, 2.75) is 57.7 Å². The Bertz CT molecular complexity index is 1280. The predicted octanol–water partition coefficient (Wildman–Crippen LogP) is 5.39. The number of ether oxygens (including phenoxy) is 5. The van der Waals surface area contributed by atoms with Crippen LogP contribution in [0.2, 0.25) is 0 Å². The number of hydrogen-bond donors (Lipinski definition) is 0. The summed E-state index contributed by atoms with van der Waals surface area (Å²) in [6.07, 6.45) is 2.80. The molecule has 2 aromatic rings. The highest BCUT2D eigenvalue weighted by Crippen LogP contribution is 2.39. The van der Waals surface area contributed by atoms with Gasteiger partial charge in [-0.25, -0.2) is 18.4 Å². The molecular weight excluding hydrogens is 574 g/mol. The molecule has 0 aromatic heterocycles. The maximum Gasteiger partial charge on any atom is 0.338 e. The minimum atomic E-state index is -1.81. The first-order valence-electron chi connectivity index (χ1n) is 15.3. The maximum absolute atomic E-state index is 14.6. The van der Waals surface area contributed by atoms with Crippen LogP contribution in [0.5, 0.6) is 17.2 Å². The normalized spacial score (nSPS) is 22.3. The number of rotatable bonds is 5. The van der Waals surface area contributed by atoms with Crippen molar-refractivity contribution < 1.29 is 42.1 Å². The first-order valence-corrected chi connectivity index (χ1v) is 15.3. The average Bonchev–Trinajstić information content (AvgIpc) is 3.23. The summed E-state index contributed by atoms with van der Waals surface area (Å²) in [4.78, 5) is 30.8. The van der Waals surface area contributed by atoms with Crippen molar-refractivity contribution in [1.29, 1.82) is 0 Å². The number of cyclic esters (lactones) is 1. The van der Waals surface area contributed by atoms with E-state index in [0.717, 1.165) is 57.8 Å². The fourth-order valence-corrected chi connectivity index (χ4v) is 5.51. The standard InChI is InChI=1S/C33H44F2N2O7/c1-33(2,35)25-18-23(19-26(34)22-25)32(39)44-27-8-5-16-42-29-21-24(20-28(40-3)30(29)41-4)31(38)43-17-7-12-36-10-6-11-37(13-9-27)15-14-36/h18-22,27H,5-17H2,1-4H3. The Morgan fingerprint density at radius 1 is 0.864 bits per heavy atom. The monoisotopic (exact) mass is 618 g/mol. The number of hydrogen-bond acceptors (Lipinski definition) is 9. The van der Waals surface area contributed by atoms with Crippen molar-refractivity contribution in [2.75, 3.05) is 66.7 Å². The van der Waals surface area contributed by atoms with E-state index in [4.69, 9.17) is 23.7 Å². The lowest BCUT2D eigenvalue weighted by atomic mass is 9.98. The van der Waals surface area contributed by atoms with Crippen molar-refractivity contribution in [1.82, 2.24) is 9.80 Å². The molecule has 0 radical (unpaired) electrons. The molecule has 3 unspecified atom stereocenters. The predicted molar refractivity (Wildman–Crippen MR) is 161 cm³/mol. The highest BCUT2D eigenvalue weighted by atomic mass is 19.1. The second-order valence-corrected chi connectivity index (χ2v) is 11.7. The van der Waals surface area contributed by atoms with Crippen LogP contribution in [0.4, 0.5) is 8.78 Å². The molecule has 0 saturated carbocycles. The molecule has 2 aliphatic heterocycles. The van der Waals surface area contributed by atoms with Crippen LogP contribution < -0.4 is 14.2 Å². The Hall–Kier alpha value is -3.44. The maximum atomic E-state index is 14.6. The molecule has 0 aliphatic carbocycles. The van der Waals surface area contributed by atoms with Crippen molar-refractivity contribution >= 4 is 11.9 Å². The first-order chi connectivity index (χ1) is 21.1. The molecule has 1 saturated heterocycles. The summed E-state index contributed by atoms with van der Waals surface area (Å²) >= 11 is 0. The van der Waals surface area contributed by atoms with Crippen LogP contribution >= 0.6 is 0 Å². The number of carbonyl (C=O) groups is 2. The van der Waals surface area contributed by atoms with Gasteiger partial charge in [-0.1, -0.05) is 0 Å². The third-order valence-electron chi connectivity index (χ3n) is 8.00. The largest absolute Gasteiger partial charge is 0.493 e. The zero-order valence-electron chi connectivity index (χ0n) is 26.2. The Morgan fingerprint density at radius 3 is 2.27 bits per heavy atom. The number of carbonyl (C=O) groups excluding carboxylic acids is 2. The van der Waals surface area contributed by atoms with Crippen LogP contribution in [-0.2, 0) is 15.1 Å². The number of esters is 2. The van der Waals surface area contributed by atoms with E-state index in [1.807, 2.05) is 0 Å². The molecule has 2 heterocycles. The van der Waals surface area contributed by atoms with Gasteiger partial charge in [-0.3, -0.25) is 0 Å². The smallest absolute Gasteiger partial charge is 0.338 e. The molecule has 1 fully saturated rings. The van der Waals surface area contributed by atoms with Crippen LogP contribution in [0.15, 0.2) is 30.3 Å². The van der Waals surface area contributed by atoms with Crippen molar-refractivity contribution in [3.05, 3.63) is 52.8 Å². The number of nitrogens with zero attached hydrogens (tertiary/aromatic N) is 2. The van der Waals surface area contributed by atoms with Gasteiger partial charge >= 0.3 is 11.9 Å². The van der Waals surface area contributed by atoms with E-state index < -0.39 is 29.5 Å². The molecule has 4 bridgehead atoms. The van der Waals surface area contributed by atoms with Gasteiger partial charge in [0.2, 0.25) is 5.75 Å². The molecule has 4 rings (SSSR count). The molecule has 9 nitrogen and oxygen atoms in total. The number of methoxy groups -OCH3 is 2. The Morgan fingerprint density at radius 2 is 1.57 bits per heavy atom. The van der Waals surface area contributed by atoms with Crippen molar-refractivity contribution in [3.63, 3.8) is 0 Å². The lowest BCUT2D eigenvalue weighted by Gasteiger charge is -2.25. The minimum absolute atomic E-state index is 0.0246. The summed E-state index contributed by atoms with van der Waals surface area (Å²) in [5, 5.41) is 0. The summed E-state index contributed by atoms with van der Waals surface area (Å²) in [5.74, 6) is -0.840. The van der Waals surface area contributed by atoms with Crippen LogP contribution in [0.3, 0.4) is 0 Å². The van der Waals surface area contributed by atoms with E-state index >= 15 is 0 Å². The van der Waals surface area contributed by atoms with E-state index in [1.165, 1.54) is 34.1 Å². The second-order valence-electron chi connectivity index (χ2n) is 11.7. The molecule has 0 N–H and O–H groups in total. The molecule has 242 valence electrons. The minimum Gasteiger partial charge on any atom is -0.493 e. The van der Waals surface area contributed by atoms with Crippen molar-refractivity contribution in [2.24, 2.45) is 0 Å². The van der Waals surface area contributed by atoms with Gasteiger partial charge in [-0.05, 0) is 94.9 Å². The Labute approximate surface area is 258 Å². The van der Waals surface area contributed by atoms with Crippen LogP contribution in [-0.4, -0.2) is 94.5 Å². The van der Waals surface area contributed by atoms with Gasteiger partial charge in [0.15, 0.2) is 11.5 Å². The summed E-state index contributed by atoms with van der Waals surface area (Å²) in [5.41, 5.74) is -1.48. The molecular formula is C33H44F2N2O7. The summed E-state index contributed by atoms with van der Waals surface area (Å²) in [6, 6.07) is 6.65. The van der Waals surface area contributed by atoms with Gasteiger partial charge in [0.25, 0.3) is 0 Å². The van der Waals surface area contributed by atoms with Crippen molar-refractivity contribution in [3.8, 4) is 17.2 Å². The van der Waals surface area contributed by atoms with Crippen LogP contribution in [0.1, 0.15) is 72.2 Å². The topological polar surface area (TPSA) is 86.8 Å². The van der Waals surface area contributed by atoms with E-state index in [2.05, 4.69) is 9.80 Å². The summed E-state index contributed by atoms with van der Waals surface area (Å²) in [7, 11) is 2.97. The lowest BCUT2D eigenvalue weighted by Crippen LogP contribution is -2.34. The third-order valence-corrected chi connectivity index (χ3v) is 8.00. The van der Waals surface area contributed by atoms with Gasteiger partial charge in [-0.2, -0.15) is 0 Å². The highest BCUT2D eigenvalue weighted by Gasteiger charge is 2.25. The fourth-order valence-electron chi connectivity index (χ4n) is 5.51. The second kappa shape index (κ2) is 15.5. The molecule has 2 aliphatic rings. The summed E-state index contributed by atoms with van der Waals surface area (Å²) in [6.45, 7) is 8.33. The first kappa shape index (κ1) is 33.5. The van der Waals surface area contributed by atoms with Gasteiger partial charge < -0.3 is 33.5 Å². The van der Waals surface area contributed by atoms with Gasteiger partial charge in [0, 0.05) is 26.2 Å². The van der Waals surface area contributed by atoms with Gasteiger partial charge in [-0.15, -0.1) is 0 Å². The zero-order valence-corrected chi connectivity index (χ0v) is 26.2. The SMILES string of the molecule is COc1cc2cc(c1OC)OCCCC(OC(=O)c1cc(F)cc(C(C)(C)F)c1)CCN1CCCN(CCCOC2=O)CC1. The number of benzene rings is 2. The molecule has 3 atom stereocenters. The molecule has 44 heavy (non-hydrogen) atoms. The molecule has 11 heteroatoms. The number of fused-ring (bicyclic) bond motifs is 5. The third kappa shape index (κ3) is 9.28. The highest BCUT2D eigenvalue weighted by molar-refractivity contribution is 5.91. The van der Waals surface area contributed by atoms with Crippen LogP contribution in [0.25, 0.3) is 0 Å². The van der Waals surface area contributed by atoms with E-state index in [9.17, 15) is 18.4 Å². The van der Waals surface area contributed by atoms with E-state index in [0.29, 0.717) is 55.1 Å². The quantitative estimate of drug-likeness (QED) is 0.410. The van der Waals surface area contributed by atoms with E-state index in [-0.39, 0.29) is 17.7 Å². The molecule has 0 amide bonds. The number of alkyl halides is 1. The Kier molecular flexibility index (Phi) is 11.8. The Balaban J connectivity index is 1.54. The van der Waals surface area contributed by atoms with Gasteiger partial charge in [0.05, 0.1) is 38.6 Å². The molecule has 2 aromatic carbocycles. The van der Waals surface area contributed by atoms with Crippen LogP contribution in [0, 0.1) is 5.82 Å².